The van der Waals surface area contributed by atoms with Crippen molar-refractivity contribution in [3.63, 3.8) is 0 Å². The Morgan fingerprint density at radius 2 is 1.63 bits per heavy atom. The molecule has 1 N–H and O–H groups in total. The van der Waals surface area contributed by atoms with Crippen molar-refractivity contribution in [2.75, 3.05) is 36.0 Å². The summed E-state index contributed by atoms with van der Waals surface area (Å²) in [5, 5.41) is 3.11. The fraction of sp³-hybridized carbons (Fsp3) is 0.500. The van der Waals surface area contributed by atoms with Gasteiger partial charge in [-0.1, -0.05) is 25.3 Å². The Balaban J connectivity index is 1.32. The molecule has 0 spiro atoms. The van der Waals surface area contributed by atoms with Gasteiger partial charge in [-0.2, -0.15) is 0 Å². The van der Waals surface area contributed by atoms with Crippen LogP contribution in [0.5, 0.6) is 0 Å². The molecule has 2 aromatic rings. The maximum Gasteiger partial charge on any atom is 0.254 e. The van der Waals surface area contributed by atoms with E-state index in [0.717, 1.165) is 44.8 Å². The van der Waals surface area contributed by atoms with Crippen LogP contribution < -0.4 is 15.1 Å². The first kappa shape index (κ1) is 17.7. The van der Waals surface area contributed by atoms with Crippen LogP contribution in [0.1, 0.15) is 42.5 Å². The molecular formula is C20H26N6O. The number of aromatic nitrogens is 3. The predicted molar refractivity (Wildman–Crippen MR) is 105 cm³/mol. The molecule has 0 aromatic carbocycles. The Labute approximate surface area is 159 Å². The van der Waals surface area contributed by atoms with Crippen molar-refractivity contribution in [1.82, 2.24) is 20.3 Å². The summed E-state index contributed by atoms with van der Waals surface area (Å²) < 4.78 is 0. The van der Waals surface area contributed by atoms with E-state index < -0.39 is 0 Å². The van der Waals surface area contributed by atoms with Crippen molar-refractivity contribution < 1.29 is 4.79 Å². The van der Waals surface area contributed by atoms with E-state index in [1.165, 1.54) is 19.3 Å². The van der Waals surface area contributed by atoms with Crippen molar-refractivity contribution in [3.8, 4) is 0 Å². The molecule has 2 fully saturated rings. The van der Waals surface area contributed by atoms with Crippen molar-refractivity contribution >= 4 is 17.7 Å². The Morgan fingerprint density at radius 1 is 0.926 bits per heavy atom. The van der Waals surface area contributed by atoms with E-state index in [-0.39, 0.29) is 5.91 Å². The van der Waals surface area contributed by atoms with Crippen LogP contribution in [-0.2, 0) is 0 Å². The Bertz CT molecular complexity index is 737. The highest BCUT2D eigenvalue weighted by Crippen LogP contribution is 2.18. The lowest BCUT2D eigenvalue weighted by atomic mass is 9.95. The minimum Gasteiger partial charge on any atom is -0.353 e. The van der Waals surface area contributed by atoms with Gasteiger partial charge in [0.05, 0.1) is 5.56 Å². The second-order valence-electron chi connectivity index (χ2n) is 7.24. The third-order valence-corrected chi connectivity index (χ3v) is 5.38. The van der Waals surface area contributed by atoms with Gasteiger partial charge >= 0.3 is 0 Å². The molecule has 1 aliphatic carbocycles. The molecule has 4 rings (SSSR count). The van der Waals surface area contributed by atoms with Crippen LogP contribution in [0.2, 0.25) is 0 Å². The minimum atomic E-state index is -0.0616. The number of hydrogen-bond donors (Lipinski definition) is 1. The normalized spacial score (nSPS) is 18.4. The zero-order valence-electron chi connectivity index (χ0n) is 15.5. The Hall–Kier alpha value is -2.70. The lowest BCUT2D eigenvalue weighted by molar-refractivity contribution is 0.0927. The molecule has 1 saturated carbocycles. The molecule has 1 saturated heterocycles. The number of amides is 1. The van der Waals surface area contributed by atoms with Crippen LogP contribution in [0.25, 0.3) is 0 Å². The molecule has 3 heterocycles. The van der Waals surface area contributed by atoms with E-state index in [1.807, 2.05) is 24.4 Å². The average Bonchev–Trinajstić information content (AvgIpc) is 2.75. The van der Waals surface area contributed by atoms with Crippen molar-refractivity contribution in [2.24, 2.45) is 0 Å². The van der Waals surface area contributed by atoms with Gasteiger partial charge in [0.1, 0.15) is 5.82 Å². The molecule has 7 heteroatoms. The highest BCUT2D eigenvalue weighted by molar-refractivity contribution is 5.93. The molecule has 27 heavy (non-hydrogen) atoms. The Morgan fingerprint density at radius 3 is 2.30 bits per heavy atom. The number of rotatable bonds is 4. The number of nitrogens with zero attached hydrogens (tertiary/aromatic N) is 5. The summed E-state index contributed by atoms with van der Waals surface area (Å²) in [6, 6.07) is 6.27. The van der Waals surface area contributed by atoms with Crippen molar-refractivity contribution in [1.29, 1.82) is 0 Å². The molecule has 1 amide bonds. The van der Waals surface area contributed by atoms with Gasteiger partial charge in [0.2, 0.25) is 5.95 Å². The number of piperazine rings is 1. The summed E-state index contributed by atoms with van der Waals surface area (Å²) in [4.78, 5) is 30.1. The van der Waals surface area contributed by atoms with Crippen LogP contribution in [-0.4, -0.2) is 53.1 Å². The zero-order valence-corrected chi connectivity index (χ0v) is 15.5. The summed E-state index contributed by atoms with van der Waals surface area (Å²) in [6.45, 7) is 3.43. The number of carbonyl (C=O) groups is 1. The van der Waals surface area contributed by atoms with Gasteiger partial charge in [-0.05, 0) is 25.0 Å². The van der Waals surface area contributed by atoms with Crippen LogP contribution in [0.15, 0.2) is 36.8 Å². The lowest BCUT2D eigenvalue weighted by Gasteiger charge is -2.35. The molecule has 0 bridgehead atoms. The number of hydrogen-bond acceptors (Lipinski definition) is 6. The maximum atomic E-state index is 12.4. The van der Waals surface area contributed by atoms with E-state index in [1.54, 1.807) is 12.4 Å². The van der Waals surface area contributed by atoms with Crippen molar-refractivity contribution in [3.05, 3.63) is 42.4 Å². The smallest absolute Gasteiger partial charge is 0.254 e. The molecule has 0 unspecified atom stereocenters. The molecule has 7 nitrogen and oxygen atoms in total. The number of pyridine rings is 1. The SMILES string of the molecule is O=C(NC1CCCCC1)c1cnc(N2CCN(c3ccccn3)CC2)nc1. The van der Waals surface area contributed by atoms with E-state index in [9.17, 15) is 4.79 Å². The number of carbonyl (C=O) groups excluding carboxylic acids is 1. The van der Waals surface area contributed by atoms with Gasteiger partial charge in [0.25, 0.3) is 5.91 Å². The molecule has 2 aliphatic rings. The Kier molecular flexibility index (Phi) is 5.46. The largest absolute Gasteiger partial charge is 0.353 e. The summed E-state index contributed by atoms with van der Waals surface area (Å²) in [5.74, 6) is 1.63. The number of anilines is 2. The maximum absolute atomic E-state index is 12.4. The van der Waals surface area contributed by atoms with Crippen LogP contribution in [0.4, 0.5) is 11.8 Å². The zero-order chi connectivity index (χ0) is 18.5. The van der Waals surface area contributed by atoms with Crippen molar-refractivity contribution in [2.45, 2.75) is 38.1 Å². The summed E-state index contributed by atoms with van der Waals surface area (Å²) in [6.07, 6.45) is 10.9. The monoisotopic (exact) mass is 366 g/mol. The molecule has 0 atom stereocenters. The highest BCUT2D eigenvalue weighted by Gasteiger charge is 2.21. The molecule has 1 aliphatic heterocycles. The third-order valence-electron chi connectivity index (χ3n) is 5.38. The first-order chi connectivity index (χ1) is 13.3. The molecule has 0 radical (unpaired) electrons. The van der Waals surface area contributed by atoms with E-state index in [4.69, 9.17) is 0 Å². The van der Waals surface area contributed by atoms with E-state index in [0.29, 0.717) is 17.6 Å². The second kappa shape index (κ2) is 8.33. The van der Waals surface area contributed by atoms with Crippen LogP contribution in [0.3, 0.4) is 0 Å². The first-order valence-corrected chi connectivity index (χ1v) is 9.83. The lowest BCUT2D eigenvalue weighted by Crippen LogP contribution is -2.47. The second-order valence-corrected chi connectivity index (χ2v) is 7.24. The summed E-state index contributed by atoms with van der Waals surface area (Å²) in [7, 11) is 0. The topological polar surface area (TPSA) is 74.2 Å². The molecule has 2 aromatic heterocycles. The van der Waals surface area contributed by atoms with Gasteiger partial charge in [-0.25, -0.2) is 15.0 Å². The third kappa shape index (κ3) is 4.35. The van der Waals surface area contributed by atoms with Gasteiger partial charge in [-0.15, -0.1) is 0 Å². The van der Waals surface area contributed by atoms with Gasteiger partial charge < -0.3 is 15.1 Å². The van der Waals surface area contributed by atoms with E-state index >= 15 is 0 Å². The minimum absolute atomic E-state index is 0.0616. The quantitative estimate of drug-likeness (QED) is 0.895. The first-order valence-electron chi connectivity index (χ1n) is 9.83. The standard InChI is InChI=1S/C20H26N6O/c27-19(24-17-6-2-1-3-7-17)16-14-22-20(23-15-16)26-12-10-25(11-13-26)18-8-4-5-9-21-18/h4-5,8-9,14-15,17H,1-3,6-7,10-13H2,(H,24,27). The fourth-order valence-corrected chi connectivity index (χ4v) is 3.79. The summed E-state index contributed by atoms with van der Waals surface area (Å²) >= 11 is 0. The van der Waals surface area contributed by atoms with Gasteiger partial charge in [0, 0.05) is 50.8 Å². The van der Waals surface area contributed by atoms with Gasteiger partial charge in [-0.3, -0.25) is 4.79 Å². The van der Waals surface area contributed by atoms with E-state index in [2.05, 4.69) is 30.1 Å². The molecule has 142 valence electrons. The highest BCUT2D eigenvalue weighted by atomic mass is 16.1. The van der Waals surface area contributed by atoms with Crippen LogP contribution >= 0.6 is 0 Å². The summed E-state index contributed by atoms with van der Waals surface area (Å²) in [5.41, 5.74) is 0.538. The molecular weight excluding hydrogens is 340 g/mol. The fourth-order valence-electron chi connectivity index (χ4n) is 3.79. The van der Waals surface area contributed by atoms with Gasteiger partial charge in [0.15, 0.2) is 0 Å². The number of nitrogens with one attached hydrogen (secondary N) is 1. The van der Waals surface area contributed by atoms with Crippen LogP contribution in [0, 0.1) is 0 Å². The average molecular weight is 366 g/mol. The predicted octanol–water partition coefficient (Wildman–Crippen LogP) is 2.26.